The van der Waals surface area contributed by atoms with E-state index in [1.165, 1.54) is 57.8 Å². The summed E-state index contributed by atoms with van der Waals surface area (Å²) in [5, 5.41) is -0.343. The minimum absolute atomic E-state index is 0.331. The fourth-order valence-electron chi connectivity index (χ4n) is 5.32. The topological polar surface area (TPSA) is 0 Å². The third-order valence-corrected chi connectivity index (χ3v) is 7.26. The molecule has 0 bridgehead atoms. The van der Waals surface area contributed by atoms with E-state index in [1.54, 1.807) is 0 Å². The van der Waals surface area contributed by atoms with Gasteiger partial charge in [0.1, 0.15) is 6.17 Å². The van der Waals surface area contributed by atoms with E-state index in [0.29, 0.717) is 11.8 Å². The van der Waals surface area contributed by atoms with E-state index in [0.717, 1.165) is 24.7 Å². The van der Waals surface area contributed by atoms with Gasteiger partial charge in [-0.05, 0) is 61.6 Å². The van der Waals surface area contributed by atoms with Gasteiger partial charge in [0.25, 0.3) is 0 Å². The Balaban J connectivity index is 1.51. The Morgan fingerprint density at radius 1 is 0.714 bits per heavy atom. The molecule has 0 N–H and O–H groups in total. The van der Waals surface area contributed by atoms with Crippen molar-refractivity contribution in [2.24, 2.45) is 23.7 Å². The molecule has 0 spiro atoms. The van der Waals surface area contributed by atoms with Crippen LogP contribution in [0.2, 0.25) is 5.82 Å². The lowest BCUT2D eigenvalue weighted by Crippen LogP contribution is -2.40. The van der Waals surface area contributed by atoms with Crippen LogP contribution in [0.3, 0.4) is 0 Å². The van der Waals surface area contributed by atoms with Crippen LogP contribution in [0, 0.1) is 23.7 Å². The maximum Gasteiger partial charge on any atom is 0.112 e. The SMILES string of the molecule is [B]C1CCC(C2CCC(C3CCCCC3)CC2)C(Cl)C1F. The Morgan fingerprint density at radius 2 is 1.29 bits per heavy atom. The Bertz CT molecular complexity index is 323. The molecule has 3 fully saturated rings. The Morgan fingerprint density at radius 3 is 1.95 bits per heavy atom. The van der Waals surface area contributed by atoms with E-state index in [-0.39, 0.29) is 11.2 Å². The van der Waals surface area contributed by atoms with Crippen LogP contribution in [0.15, 0.2) is 0 Å². The summed E-state index contributed by atoms with van der Waals surface area (Å²) in [6.45, 7) is 0. The monoisotopic (exact) mass is 310 g/mol. The Kier molecular flexibility index (Phi) is 5.57. The lowest BCUT2D eigenvalue weighted by Gasteiger charge is -2.43. The van der Waals surface area contributed by atoms with E-state index in [4.69, 9.17) is 19.4 Å². The molecule has 2 radical (unpaired) electrons. The van der Waals surface area contributed by atoms with E-state index in [9.17, 15) is 4.39 Å². The van der Waals surface area contributed by atoms with E-state index in [1.807, 2.05) is 0 Å². The molecule has 0 aromatic carbocycles. The quantitative estimate of drug-likeness (QED) is 0.454. The molecular weight excluding hydrogens is 281 g/mol. The second-order valence-corrected chi connectivity index (χ2v) is 8.37. The molecule has 3 aliphatic carbocycles. The number of halogens is 2. The van der Waals surface area contributed by atoms with Gasteiger partial charge in [-0.2, -0.15) is 0 Å². The molecule has 4 unspecified atom stereocenters. The minimum atomic E-state index is -0.999. The summed E-state index contributed by atoms with van der Waals surface area (Å²) < 4.78 is 14.1. The molecule has 0 amide bonds. The second-order valence-electron chi connectivity index (χ2n) is 7.87. The molecule has 0 saturated heterocycles. The van der Waals surface area contributed by atoms with Crippen molar-refractivity contribution in [3.8, 4) is 0 Å². The van der Waals surface area contributed by atoms with Crippen LogP contribution in [0.25, 0.3) is 0 Å². The fourth-order valence-corrected chi connectivity index (χ4v) is 5.84. The summed E-state index contributed by atoms with van der Waals surface area (Å²) in [6, 6.07) is 0. The summed E-state index contributed by atoms with van der Waals surface area (Å²) >= 11 is 6.39. The number of hydrogen-bond donors (Lipinski definition) is 0. The molecule has 3 saturated carbocycles. The van der Waals surface area contributed by atoms with Crippen LogP contribution in [0.5, 0.6) is 0 Å². The van der Waals surface area contributed by atoms with Gasteiger partial charge in [0.2, 0.25) is 0 Å². The van der Waals surface area contributed by atoms with Crippen LogP contribution in [-0.2, 0) is 0 Å². The van der Waals surface area contributed by atoms with Gasteiger partial charge in [-0.15, -0.1) is 11.6 Å². The van der Waals surface area contributed by atoms with Gasteiger partial charge >= 0.3 is 0 Å². The van der Waals surface area contributed by atoms with Gasteiger partial charge in [-0.25, -0.2) is 4.39 Å². The van der Waals surface area contributed by atoms with Crippen LogP contribution in [0.4, 0.5) is 4.39 Å². The van der Waals surface area contributed by atoms with Crippen molar-refractivity contribution in [3.05, 3.63) is 0 Å². The molecule has 3 aliphatic rings. The predicted octanol–water partition coefficient (Wildman–Crippen LogP) is 5.69. The van der Waals surface area contributed by atoms with Crippen LogP contribution in [-0.4, -0.2) is 19.4 Å². The normalized spacial score (nSPS) is 46.4. The van der Waals surface area contributed by atoms with Crippen molar-refractivity contribution < 1.29 is 4.39 Å². The molecule has 0 nitrogen and oxygen atoms in total. The smallest absolute Gasteiger partial charge is 0.112 e. The second kappa shape index (κ2) is 7.24. The highest BCUT2D eigenvalue weighted by molar-refractivity contribution is 6.22. The van der Waals surface area contributed by atoms with Gasteiger partial charge < -0.3 is 0 Å². The molecular formula is C18H29BClF. The first kappa shape index (κ1) is 16.2. The van der Waals surface area contributed by atoms with Crippen molar-refractivity contribution in [2.75, 3.05) is 0 Å². The van der Waals surface area contributed by atoms with Crippen molar-refractivity contribution in [2.45, 2.75) is 88.0 Å². The van der Waals surface area contributed by atoms with E-state index >= 15 is 0 Å². The summed E-state index contributed by atoms with van der Waals surface area (Å²) in [6.07, 6.45) is 13.4. The highest BCUT2D eigenvalue weighted by Gasteiger charge is 2.41. The zero-order valence-corrected chi connectivity index (χ0v) is 13.9. The predicted molar refractivity (Wildman–Crippen MR) is 88.8 cm³/mol. The van der Waals surface area contributed by atoms with Crippen LogP contribution < -0.4 is 0 Å². The molecule has 118 valence electrons. The van der Waals surface area contributed by atoms with Crippen molar-refractivity contribution >= 4 is 19.4 Å². The number of rotatable bonds is 2. The molecule has 21 heavy (non-hydrogen) atoms. The molecule has 0 aromatic rings. The maximum atomic E-state index is 14.1. The van der Waals surface area contributed by atoms with Crippen LogP contribution >= 0.6 is 11.6 Å². The van der Waals surface area contributed by atoms with Gasteiger partial charge in [-0.1, -0.05) is 38.5 Å². The summed E-state index contributed by atoms with van der Waals surface area (Å²) in [5.74, 6) is 2.62. The third-order valence-electron chi connectivity index (χ3n) is 6.69. The number of hydrogen-bond acceptors (Lipinski definition) is 0. The molecule has 4 atom stereocenters. The van der Waals surface area contributed by atoms with Crippen LogP contribution in [0.1, 0.15) is 70.6 Å². The number of alkyl halides is 2. The first-order valence-corrected chi connectivity index (χ1v) is 9.64. The first-order valence-electron chi connectivity index (χ1n) is 9.20. The molecule has 0 aromatic heterocycles. The van der Waals surface area contributed by atoms with Crippen molar-refractivity contribution in [1.29, 1.82) is 0 Å². The Hall–Kier alpha value is 0.285. The largest absolute Gasteiger partial charge is 0.246 e. The lowest BCUT2D eigenvalue weighted by atomic mass is 9.63. The fraction of sp³-hybridized carbons (Fsp3) is 1.00. The molecule has 3 heteroatoms. The Labute approximate surface area is 136 Å². The minimum Gasteiger partial charge on any atom is -0.246 e. The van der Waals surface area contributed by atoms with Crippen molar-refractivity contribution in [1.82, 2.24) is 0 Å². The molecule has 0 aliphatic heterocycles. The van der Waals surface area contributed by atoms with Crippen molar-refractivity contribution in [3.63, 3.8) is 0 Å². The first-order chi connectivity index (χ1) is 10.2. The highest BCUT2D eigenvalue weighted by Crippen LogP contribution is 2.47. The zero-order chi connectivity index (χ0) is 14.8. The summed E-state index contributed by atoms with van der Waals surface area (Å²) in [7, 11) is 5.82. The van der Waals surface area contributed by atoms with Gasteiger partial charge in [0, 0.05) is 0 Å². The molecule has 3 rings (SSSR count). The molecule has 0 heterocycles. The standard InChI is InChI=1S/C18H29BClF/c19-16-11-10-15(17(20)18(16)21)14-8-6-13(7-9-14)12-4-2-1-3-5-12/h12-18H,1-11H2. The lowest BCUT2D eigenvalue weighted by molar-refractivity contribution is 0.101. The van der Waals surface area contributed by atoms with Gasteiger partial charge in [0.05, 0.1) is 13.2 Å². The van der Waals surface area contributed by atoms with E-state index < -0.39 is 6.17 Å². The summed E-state index contributed by atoms with van der Waals surface area (Å²) in [5.41, 5.74) is 0. The summed E-state index contributed by atoms with van der Waals surface area (Å²) in [4.78, 5) is 0. The average molecular weight is 311 g/mol. The zero-order valence-electron chi connectivity index (χ0n) is 13.2. The maximum absolute atomic E-state index is 14.1. The van der Waals surface area contributed by atoms with Gasteiger partial charge in [-0.3, -0.25) is 0 Å². The third kappa shape index (κ3) is 3.62. The van der Waals surface area contributed by atoms with Gasteiger partial charge in [0.15, 0.2) is 0 Å². The average Bonchev–Trinajstić information content (AvgIpc) is 2.54. The highest BCUT2D eigenvalue weighted by atomic mass is 35.5. The van der Waals surface area contributed by atoms with E-state index in [2.05, 4.69) is 0 Å².